The second-order valence-corrected chi connectivity index (χ2v) is 2.75. The van der Waals surface area contributed by atoms with Crippen LogP contribution in [0.15, 0.2) is 24.3 Å². The summed E-state index contributed by atoms with van der Waals surface area (Å²) in [6.07, 6.45) is 0. The first-order valence-corrected chi connectivity index (χ1v) is 4.49. The number of benzene rings is 1. The lowest BCUT2D eigenvalue weighted by Crippen LogP contribution is -1.84. The molecule has 0 fully saturated rings. The summed E-state index contributed by atoms with van der Waals surface area (Å²) in [5.74, 6) is 0.846. The maximum atomic E-state index is 9.06. The number of aromatic hydroxyl groups is 1. The van der Waals surface area contributed by atoms with Crippen LogP contribution in [-0.4, -0.2) is 5.11 Å². The van der Waals surface area contributed by atoms with Crippen LogP contribution in [0.25, 0.3) is 0 Å². The summed E-state index contributed by atoms with van der Waals surface area (Å²) in [5, 5.41) is 9.06. The molecular weight excluding hydrogens is 148 g/mol. The second kappa shape index (κ2) is 5.64. The molecule has 1 nitrogen and oxygen atoms in total. The maximum absolute atomic E-state index is 9.06. The third kappa shape index (κ3) is 3.42. The largest absolute Gasteiger partial charge is 0.508 e. The molecule has 1 aromatic rings. The number of hydrogen-bond acceptors (Lipinski definition) is 1. The van der Waals surface area contributed by atoms with Crippen LogP contribution in [0, 0.1) is 0 Å². The molecule has 0 spiro atoms. The number of rotatable bonds is 1. The predicted octanol–water partition coefficient (Wildman–Crippen LogP) is 3.54. The lowest BCUT2D eigenvalue weighted by Gasteiger charge is -2.03. The number of hydrogen-bond donors (Lipinski definition) is 1. The molecule has 12 heavy (non-hydrogen) atoms. The molecule has 0 aliphatic heterocycles. The SMILES string of the molecule is CC.CC(C)c1cccc(O)c1. The summed E-state index contributed by atoms with van der Waals surface area (Å²) >= 11 is 0. The minimum Gasteiger partial charge on any atom is -0.508 e. The number of phenolic OH excluding ortho intramolecular Hbond substituents is 1. The van der Waals surface area contributed by atoms with Crippen LogP contribution in [0.2, 0.25) is 0 Å². The molecule has 0 radical (unpaired) electrons. The van der Waals surface area contributed by atoms with Crippen LogP contribution >= 0.6 is 0 Å². The first-order chi connectivity index (χ1) is 5.70. The zero-order valence-electron chi connectivity index (χ0n) is 8.33. The summed E-state index contributed by atoms with van der Waals surface area (Å²) in [4.78, 5) is 0. The van der Waals surface area contributed by atoms with Crippen molar-refractivity contribution in [3.05, 3.63) is 29.8 Å². The van der Waals surface area contributed by atoms with Gasteiger partial charge in [0.1, 0.15) is 5.75 Å². The Kier molecular flexibility index (Phi) is 5.18. The summed E-state index contributed by atoms with van der Waals surface area (Å²) in [5.41, 5.74) is 1.18. The first kappa shape index (κ1) is 11.0. The van der Waals surface area contributed by atoms with Crippen LogP contribution in [0.3, 0.4) is 0 Å². The monoisotopic (exact) mass is 166 g/mol. The van der Waals surface area contributed by atoms with Gasteiger partial charge >= 0.3 is 0 Å². The van der Waals surface area contributed by atoms with Gasteiger partial charge in [0.2, 0.25) is 0 Å². The molecule has 1 aromatic carbocycles. The van der Waals surface area contributed by atoms with Crippen molar-refractivity contribution in [1.82, 2.24) is 0 Å². The summed E-state index contributed by atoms with van der Waals surface area (Å²) in [6.45, 7) is 8.21. The zero-order valence-corrected chi connectivity index (χ0v) is 8.33. The fraction of sp³-hybridized carbons (Fsp3) is 0.455. The van der Waals surface area contributed by atoms with E-state index in [-0.39, 0.29) is 0 Å². The van der Waals surface area contributed by atoms with Crippen molar-refractivity contribution in [2.24, 2.45) is 0 Å². The Morgan fingerprint density at radius 2 is 1.75 bits per heavy atom. The average Bonchev–Trinajstić information content (AvgIpc) is 2.08. The van der Waals surface area contributed by atoms with E-state index >= 15 is 0 Å². The van der Waals surface area contributed by atoms with E-state index in [1.807, 2.05) is 26.0 Å². The van der Waals surface area contributed by atoms with Gasteiger partial charge in [0.25, 0.3) is 0 Å². The van der Waals surface area contributed by atoms with E-state index in [4.69, 9.17) is 5.11 Å². The molecule has 0 aliphatic rings. The minimum atomic E-state index is 0.353. The molecule has 0 heterocycles. The molecule has 0 saturated carbocycles. The van der Waals surface area contributed by atoms with Gasteiger partial charge in [-0.05, 0) is 23.6 Å². The van der Waals surface area contributed by atoms with E-state index in [2.05, 4.69) is 13.8 Å². The third-order valence-electron chi connectivity index (χ3n) is 1.54. The van der Waals surface area contributed by atoms with Gasteiger partial charge in [-0.15, -0.1) is 0 Å². The summed E-state index contributed by atoms with van der Waals surface area (Å²) in [7, 11) is 0. The van der Waals surface area contributed by atoms with Gasteiger partial charge in [-0.25, -0.2) is 0 Å². The van der Waals surface area contributed by atoms with E-state index in [0.717, 1.165) is 0 Å². The van der Waals surface area contributed by atoms with Crippen LogP contribution in [0.1, 0.15) is 39.2 Å². The summed E-state index contributed by atoms with van der Waals surface area (Å²) in [6, 6.07) is 7.37. The molecule has 0 saturated heterocycles. The molecule has 0 atom stereocenters. The standard InChI is InChI=1S/C9H12O.C2H6/c1-7(2)8-4-3-5-9(10)6-8;1-2/h3-7,10H,1-2H3;1-2H3. The van der Waals surface area contributed by atoms with Crippen molar-refractivity contribution >= 4 is 0 Å². The van der Waals surface area contributed by atoms with E-state index in [0.29, 0.717) is 11.7 Å². The topological polar surface area (TPSA) is 20.2 Å². The second-order valence-electron chi connectivity index (χ2n) is 2.75. The molecule has 0 amide bonds. The highest BCUT2D eigenvalue weighted by Gasteiger charge is 1.97. The van der Waals surface area contributed by atoms with E-state index < -0.39 is 0 Å². The quantitative estimate of drug-likeness (QED) is 0.676. The van der Waals surface area contributed by atoms with Crippen LogP contribution in [0.5, 0.6) is 5.75 Å². The molecule has 0 bridgehead atoms. The van der Waals surface area contributed by atoms with Crippen LogP contribution in [-0.2, 0) is 0 Å². The highest BCUT2D eigenvalue weighted by Crippen LogP contribution is 2.18. The molecule has 68 valence electrons. The fourth-order valence-corrected chi connectivity index (χ4v) is 0.884. The predicted molar refractivity (Wildman–Crippen MR) is 53.5 cm³/mol. The maximum Gasteiger partial charge on any atom is 0.115 e. The third-order valence-corrected chi connectivity index (χ3v) is 1.54. The smallest absolute Gasteiger partial charge is 0.115 e. The normalized spacial score (nSPS) is 9.08. The fourth-order valence-electron chi connectivity index (χ4n) is 0.884. The molecular formula is C11H18O. The van der Waals surface area contributed by atoms with Gasteiger partial charge in [-0.1, -0.05) is 39.8 Å². The Morgan fingerprint density at radius 3 is 2.08 bits per heavy atom. The van der Waals surface area contributed by atoms with Gasteiger partial charge in [0.05, 0.1) is 0 Å². The Labute approximate surface area is 75.1 Å². The Bertz CT molecular complexity index is 216. The van der Waals surface area contributed by atoms with Gasteiger partial charge < -0.3 is 5.11 Å². The molecule has 1 N–H and O–H groups in total. The van der Waals surface area contributed by atoms with Crippen LogP contribution < -0.4 is 0 Å². The van der Waals surface area contributed by atoms with Crippen molar-refractivity contribution < 1.29 is 5.11 Å². The lowest BCUT2D eigenvalue weighted by atomic mass is 10.0. The van der Waals surface area contributed by atoms with Gasteiger partial charge in [-0.3, -0.25) is 0 Å². The van der Waals surface area contributed by atoms with Crippen molar-refractivity contribution in [1.29, 1.82) is 0 Å². The van der Waals surface area contributed by atoms with E-state index in [9.17, 15) is 0 Å². The molecule has 0 unspecified atom stereocenters. The molecule has 1 rings (SSSR count). The molecule has 0 aromatic heterocycles. The van der Waals surface area contributed by atoms with Crippen molar-refractivity contribution in [3.63, 3.8) is 0 Å². The van der Waals surface area contributed by atoms with Crippen molar-refractivity contribution in [2.75, 3.05) is 0 Å². The summed E-state index contributed by atoms with van der Waals surface area (Å²) < 4.78 is 0. The van der Waals surface area contributed by atoms with Gasteiger partial charge in [0.15, 0.2) is 0 Å². The van der Waals surface area contributed by atoms with E-state index in [1.165, 1.54) is 5.56 Å². The van der Waals surface area contributed by atoms with Crippen molar-refractivity contribution in [3.8, 4) is 5.75 Å². The van der Waals surface area contributed by atoms with E-state index in [1.54, 1.807) is 12.1 Å². The highest BCUT2D eigenvalue weighted by molar-refractivity contribution is 5.28. The average molecular weight is 166 g/mol. The molecule has 0 aliphatic carbocycles. The minimum absolute atomic E-state index is 0.353. The highest BCUT2D eigenvalue weighted by atomic mass is 16.3. The van der Waals surface area contributed by atoms with Crippen LogP contribution in [0.4, 0.5) is 0 Å². The Balaban J connectivity index is 0.000000561. The van der Waals surface area contributed by atoms with Gasteiger partial charge in [-0.2, -0.15) is 0 Å². The van der Waals surface area contributed by atoms with Gasteiger partial charge in [0, 0.05) is 0 Å². The Morgan fingerprint density at radius 1 is 1.17 bits per heavy atom. The molecule has 1 heteroatoms. The Hall–Kier alpha value is -0.980. The van der Waals surface area contributed by atoms with Crippen molar-refractivity contribution in [2.45, 2.75) is 33.6 Å². The first-order valence-electron chi connectivity index (χ1n) is 4.49. The number of phenols is 1. The zero-order chi connectivity index (χ0) is 9.56. The lowest BCUT2D eigenvalue weighted by molar-refractivity contribution is 0.474.